The standard InChI is InChI=1S/C14H21NO3S/c1-12(10-15-8-9-19(2)17)14(16)18-11-13-6-4-3-5-7-13/h3-7,12,15H,8-11H2,1-2H3. The fourth-order valence-corrected chi connectivity index (χ4v) is 1.92. The molecule has 19 heavy (non-hydrogen) atoms. The molecule has 1 N–H and O–H groups in total. The summed E-state index contributed by atoms with van der Waals surface area (Å²) in [6, 6.07) is 9.60. The van der Waals surface area contributed by atoms with E-state index in [9.17, 15) is 9.00 Å². The van der Waals surface area contributed by atoms with Crippen LogP contribution in [0.4, 0.5) is 0 Å². The minimum absolute atomic E-state index is 0.200. The fraction of sp³-hybridized carbons (Fsp3) is 0.500. The number of esters is 1. The van der Waals surface area contributed by atoms with Gasteiger partial charge in [0.2, 0.25) is 0 Å². The molecule has 1 aromatic carbocycles. The van der Waals surface area contributed by atoms with Gasteiger partial charge < -0.3 is 10.1 Å². The maximum absolute atomic E-state index is 11.7. The van der Waals surface area contributed by atoms with Crippen molar-refractivity contribution in [1.29, 1.82) is 0 Å². The van der Waals surface area contributed by atoms with E-state index in [1.807, 2.05) is 37.3 Å². The quantitative estimate of drug-likeness (QED) is 0.578. The molecule has 106 valence electrons. The van der Waals surface area contributed by atoms with Gasteiger partial charge in [-0.15, -0.1) is 0 Å². The normalized spacial score (nSPS) is 13.8. The summed E-state index contributed by atoms with van der Waals surface area (Å²) in [6.45, 7) is 3.33. The van der Waals surface area contributed by atoms with Crippen molar-refractivity contribution in [3.63, 3.8) is 0 Å². The van der Waals surface area contributed by atoms with E-state index in [-0.39, 0.29) is 11.9 Å². The predicted molar refractivity (Wildman–Crippen MR) is 77.2 cm³/mol. The third kappa shape index (κ3) is 7.08. The lowest BCUT2D eigenvalue weighted by molar-refractivity contribution is -0.149. The second-order valence-electron chi connectivity index (χ2n) is 4.48. The van der Waals surface area contributed by atoms with E-state index in [0.717, 1.165) is 5.56 Å². The number of nitrogens with one attached hydrogen (secondary N) is 1. The van der Waals surface area contributed by atoms with Crippen molar-refractivity contribution in [2.24, 2.45) is 5.92 Å². The molecule has 0 bridgehead atoms. The largest absolute Gasteiger partial charge is 0.461 e. The Morgan fingerprint density at radius 2 is 2.05 bits per heavy atom. The minimum atomic E-state index is -0.798. The summed E-state index contributed by atoms with van der Waals surface area (Å²) >= 11 is 0. The zero-order valence-corrected chi connectivity index (χ0v) is 12.2. The van der Waals surface area contributed by atoms with Crippen LogP contribution in [0.15, 0.2) is 30.3 Å². The first-order valence-electron chi connectivity index (χ1n) is 6.31. The lowest BCUT2D eigenvalue weighted by atomic mass is 10.2. The van der Waals surface area contributed by atoms with Crippen LogP contribution in [0.25, 0.3) is 0 Å². The number of hydrogen-bond acceptors (Lipinski definition) is 4. The minimum Gasteiger partial charge on any atom is -0.461 e. The van der Waals surface area contributed by atoms with Crippen molar-refractivity contribution < 1.29 is 13.7 Å². The number of carbonyl (C=O) groups is 1. The summed E-state index contributed by atoms with van der Waals surface area (Å²) in [5.41, 5.74) is 0.984. The number of benzene rings is 1. The van der Waals surface area contributed by atoms with Crippen LogP contribution in [0.2, 0.25) is 0 Å². The summed E-state index contributed by atoms with van der Waals surface area (Å²) in [6.07, 6.45) is 1.67. The van der Waals surface area contributed by atoms with Crippen molar-refractivity contribution in [3.05, 3.63) is 35.9 Å². The van der Waals surface area contributed by atoms with E-state index < -0.39 is 10.8 Å². The van der Waals surface area contributed by atoms with Gasteiger partial charge in [0, 0.05) is 35.9 Å². The molecule has 0 heterocycles. The molecule has 1 rings (SSSR count). The summed E-state index contributed by atoms with van der Waals surface area (Å²) < 4.78 is 16.1. The van der Waals surface area contributed by atoms with Gasteiger partial charge in [-0.25, -0.2) is 0 Å². The second kappa shape index (κ2) is 8.82. The highest BCUT2D eigenvalue weighted by Gasteiger charge is 2.13. The van der Waals surface area contributed by atoms with E-state index in [1.54, 1.807) is 6.26 Å². The molecular formula is C14H21NO3S. The molecule has 0 saturated heterocycles. The van der Waals surface area contributed by atoms with Crippen molar-refractivity contribution >= 4 is 16.8 Å². The summed E-state index contributed by atoms with van der Waals surface area (Å²) in [5.74, 6) is 0.189. The van der Waals surface area contributed by atoms with Gasteiger partial charge in [-0.2, -0.15) is 0 Å². The highest BCUT2D eigenvalue weighted by molar-refractivity contribution is 7.84. The smallest absolute Gasteiger partial charge is 0.310 e. The zero-order valence-electron chi connectivity index (χ0n) is 11.4. The predicted octanol–water partition coefficient (Wildman–Crippen LogP) is 1.33. The average molecular weight is 283 g/mol. The van der Waals surface area contributed by atoms with Crippen molar-refractivity contribution in [2.75, 3.05) is 25.1 Å². The highest BCUT2D eigenvalue weighted by atomic mass is 32.2. The van der Waals surface area contributed by atoms with E-state index in [1.165, 1.54) is 0 Å². The molecule has 2 atom stereocenters. The molecule has 1 aromatic rings. The van der Waals surface area contributed by atoms with Gasteiger partial charge in [0.15, 0.2) is 0 Å². The summed E-state index contributed by atoms with van der Waals surface area (Å²) in [7, 11) is -0.798. The Balaban J connectivity index is 2.20. The summed E-state index contributed by atoms with van der Waals surface area (Å²) in [4.78, 5) is 11.7. The Labute approximate surface area is 117 Å². The van der Waals surface area contributed by atoms with Gasteiger partial charge in [-0.3, -0.25) is 9.00 Å². The van der Waals surface area contributed by atoms with Crippen LogP contribution in [0.5, 0.6) is 0 Å². The van der Waals surface area contributed by atoms with Gasteiger partial charge >= 0.3 is 5.97 Å². The Kier molecular flexibility index (Phi) is 7.36. The molecule has 0 aliphatic carbocycles. The van der Waals surface area contributed by atoms with Crippen molar-refractivity contribution in [3.8, 4) is 0 Å². The van der Waals surface area contributed by atoms with E-state index in [0.29, 0.717) is 25.4 Å². The first kappa shape index (κ1) is 15.9. The topological polar surface area (TPSA) is 55.4 Å². The fourth-order valence-electron chi connectivity index (χ4n) is 1.49. The van der Waals surface area contributed by atoms with E-state index >= 15 is 0 Å². The monoisotopic (exact) mass is 283 g/mol. The van der Waals surface area contributed by atoms with Gasteiger partial charge in [0.05, 0.1) is 5.92 Å². The van der Waals surface area contributed by atoms with E-state index in [2.05, 4.69) is 5.32 Å². The Hall–Kier alpha value is -1.20. The second-order valence-corrected chi connectivity index (χ2v) is 6.03. The molecule has 4 nitrogen and oxygen atoms in total. The Bertz CT molecular complexity index is 408. The number of ether oxygens (including phenoxy) is 1. The Morgan fingerprint density at radius 3 is 2.68 bits per heavy atom. The van der Waals surface area contributed by atoms with Gasteiger partial charge in [-0.05, 0) is 5.56 Å². The van der Waals surface area contributed by atoms with Crippen molar-refractivity contribution in [1.82, 2.24) is 5.32 Å². The summed E-state index contributed by atoms with van der Waals surface area (Å²) in [5, 5.41) is 3.10. The molecule has 0 saturated carbocycles. The van der Waals surface area contributed by atoms with Gasteiger partial charge in [-0.1, -0.05) is 37.3 Å². The van der Waals surface area contributed by atoms with Gasteiger partial charge in [0.1, 0.15) is 6.61 Å². The van der Waals surface area contributed by atoms with Crippen LogP contribution in [-0.2, 0) is 26.9 Å². The van der Waals surface area contributed by atoms with Crippen LogP contribution >= 0.6 is 0 Å². The molecule has 2 unspecified atom stereocenters. The Morgan fingerprint density at radius 1 is 1.37 bits per heavy atom. The molecular weight excluding hydrogens is 262 g/mol. The molecule has 5 heteroatoms. The van der Waals surface area contributed by atoms with E-state index in [4.69, 9.17) is 4.74 Å². The van der Waals surface area contributed by atoms with Crippen LogP contribution in [0.3, 0.4) is 0 Å². The third-order valence-electron chi connectivity index (χ3n) is 2.64. The zero-order chi connectivity index (χ0) is 14.1. The molecule has 0 amide bonds. The first-order chi connectivity index (χ1) is 9.09. The lowest BCUT2D eigenvalue weighted by Crippen LogP contribution is -2.30. The highest BCUT2D eigenvalue weighted by Crippen LogP contribution is 2.04. The van der Waals surface area contributed by atoms with Crippen LogP contribution in [0.1, 0.15) is 12.5 Å². The molecule has 0 aliphatic heterocycles. The average Bonchev–Trinajstić information content (AvgIpc) is 2.41. The maximum atomic E-state index is 11.7. The third-order valence-corrected chi connectivity index (χ3v) is 3.42. The molecule has 0 aromatic heterocycles. The van der Waals surface area contributed by atoms with Crippen LogP contribution < -0.4 is 5.32 Å². The maximum Gasteiger partial charge on any atom is 0.310 e. The molecule has 0 spiro atoms. The molecule has 0 aliphatic rings. The lowest BCUT2D eigenvalue weighted by Gasteiger charge is -2.12. The number of hydrogen-bond donors (Lipinski definition) is 1. The first-order valence-corrected chi connectivity index (χ1v) is 8.03. The molecule has 0 fully saturated rings. The number of rotatable bonds is 8. The van der Waals surface area contributed by atoms with Crippen molar-refractivity contribution in [2.45, 2.75) is 13.5 Å². The SMILES string of the molecule is CC(CNCCS(C)=O)C(=O)OCc1ccccc1. The van der Waals surface area contributed by atoms with Crippen LogP contribution in [-0.4, -0.2) is 35.3 Å². The number of carbonyl (C=O) groups excluding carboxylic acids is 1. The molecule has 0 radical (unpaired) electrons. The van der Waals surface area contributed by atoms with Gasteiger partial charge in [0.25, 0.3) is 0 Å². The van der Waals surface area contributed by atoms with Crippen LogP contribution in [0, 0.1) is 5.92 Å².